The molecular formula is C24H32N4O3S. The van der Waals surface area contributed by atoms with Crippen molar-refractivity contribution < 1.29 is 14.3 Å². The molecule has 1 aliphatic carbocycles. The van der Waals surface area contributed by atoms with E-state index >= 15 is 0 Å². The minimum Gasteiger partial charge on any atom is -0.494 e. The summed E-state index contributed by atoms with van der Waals surface area (Å²) in [5.41, 5.74) is 0.639. The topological polar surface area (TPSA) is 66.0 Å². The number of nitrogens with zero attached hydrogens (tertiary/aromatic N) is 4. The van der Waals surface area contributed by atoms with Crippen molar-refractivity contribution in [3.05, 3.63) is 41.4 Å². The summed E-state index contributed by atoms with van der Waals surface area (Å²) in [6.45, 7) is 2.76. The average Bonchev–Trinajstić information content (AvgIpc) is 3.39. The molecule has 3 amide bonds. The Labute approximate surface area is 194 Å². The highest BCUT2D eigenvalue weighted by molar-refractivity contribution is 7.13. The summed E-state index contributed by atoms with van der Waals surface area (Å²) in [7, 11) is 1.73. The van der Waals surface area contributed by atoms with Gasteiger partial charge in [-0.05, 0) is 30.5 Å². The van der Waals surface area contributed by atoms with Crippen LogP contribution in [0, 0.1) is 5.92 Å². The molecule has 0 radical (unpaired) electrons. The number of rotatable bonds is 6. The molecule has 2 heterocycles. The van der Waals surface area contributed by atoms with Crippen LogP contribution in [0.25, 0.3) is 0 Å². The van der Waals surface area contributed by atoms with Gasteiger partial charge in [-0.15, -0.1) is 11.3 Å². The van der Waals surface area contributed by atoms with Gasteiger partial charge in [0, 0.05) is 50.4 Å². The second kappa shape index (κ2) is 10.8. The van der Waals surface area contributed by atoms with E-state index in [1.165, 1.54) is 43.4 Å². The van der Waals surface area contributed by atoms with Gasteiger partial charge in [-0.25, -0.2) is 9.78 Å². The van der Waals surface area contributed by atoms with E-state index in [0.29, 0.717) is 43.5 Å². The minimum absolute atomic E-state index is 0.0110. The molecule has 7 nitrogen and oxygen atoms in total. The highest BCUT2D eigenvalue weighted by Gasteiger charge is 2.27. The number of amides is 3. The van der Waals surface area contributed by atoms with Gasteiger partial charge in [-0.1, -0.05) is 38.2 Å². The molecular weight excluding hydrogens is 424 g/mol. The van der Waals surface area contributed by atoms with Gasteiger partial charge >= 0.3 is 6.03 Å². The Balaban J connectivity index is 1.26. The Hall–Kier alpha value is -2.61. The Morgan fingerprint density at radius 2 is 1.88 bits per heavy atom. The molecule has 0 atom stereocenters. The predicted molar refractivity (Wildman–Crippen MR) is 127 cm³/mol. The lowest BCUT2D eigenvalue weighted by molar-refractivity contribution is 0.0668. The van der Waals surface area contributed by atoms with Gasteiger partial charge in [0.2, 0.25) is 0 Å². The average molecular weight is 457 g/mol. The zero-order valence-electron chi connectivity index (χ0n) is 18.7. The molecule has 2 aromatic rings. The quantitative estimate of drug-likeness (QED) is 0.642. The monoisotopic (exact) mass is 456 g/mol. The number of aromatic nitrogens is 1. The van der Waals surface area contributed by atoms with Gasteiger partial charge in [0.05, 0.1) is 6.61 Å². The largest absolute Gasteiger partial charge is 0.494 e. The Morgan fingerprint density at radius 3 is 2.59 bits per heavy atom. The molecule has 4 rings (SSSR count). The summed E-state index contributed by atoms with van der Waals surface area (Å²) in [6.07, 6.45) is 9.46. The maximum Gasteiger partial charge on any atom is 0.326 e. The molecule has 1 aromatic carbocycles. The summed E-state index contributed by atoms with van der Waals surface area (Å²) < 4.78 is 5.96. The Kier molecular flexibility index (Phi) is 7.63. The maximum absolute atomic E-state index is 13.0. The van der Waals surface area contributed by atoms with Crippen LogP contribution in [0.1, 0.15) is 48.9 Å². The van der Waals surface area contributed by atoms with Crippen LogP contribution >= 0.6 is 11.3 Å². The minimum atomic E-state index is -0.0830. The molecule has 0 spiro atoms. The number of hydrogen-bond donors (Lipinski definition) is 0. The molecule has 8 heteroatoms. The first-order valence-electron chi connectivity index (χ1n) is 11.6. The molecule has 0 unspecified atom stereocenters. The number of thiazole rings is 1. The zero-order valence-corrected chi connectivity index (χ0v) is 19.6. The van der Waals surface area contributed by atoms with Gasteiger partial charge in [0.15, 0.2) is 5.13 Å². The van der Waals surface area contributed by atoms with Crippen molar-refractivity contribution in [2.45, 2.75) is 38.5 Å². The van der Waals surface area contributed by atoms with E-state index in [1.54, 1.807) is 23.0 Å². The zero-order chi connectivity index (χ0) is 22.3. The fourth-order valence-electron chi connectivity index (χ4n) is 4.50. The smallest absolute Gasteiger partial charge is 0.326 e. The van der Waals surface area contributed by atoms with E-state index in [9.17, 15) is 9.59 Å². The second-order valence-electron chi connectivity index (χ2n) is 8.60. The Morgan fingerprint density at radius 1 is 1.12 bits per heavy atom. The fourth-order valence-corrected chi connectivity index (χ4v) is 5.10. The number of urea groups is 1. The van der Waals surface area contributed by atoms with Gasteiger partial charge in [-0.3, -0.25) is 9.69 Å². The molecule has 0 N–H and O–H groups in total. The van der Waals surface area contributed by atoms with E-state index in [2.05, 4.69) is 4.98 Å². The number of piperazine rings is 1. The third-order valence-electron chi connectivity index (χ3n) is 6.43. The third-order valence-corrected chi connectivity index (χ3v) is 7.28. The van der Waals surface area contributed by atoms with Crippen LogP contribution in [0.2, 0.25) is 0 Å². The number of carbonyl (C=O) groups is 2. The van der Waals surface area contributed by atoms with Crippen molar-refractivity contribution in [1.29, 1.82) is 0 Å². The van der Waals surface area contributed by atoms with Crippen molar-refractivity contribution in [2.24, 2.45) is 5.92 Å². The number of ether oxygens (including phenoxy) is 1. The van der Waals surface area contributed by atoms with E-state index in [4.69, 9.17) is 4.74 Å². The first-order valence-corrected chi connectivity index (χ1v) is 12.4. The SMILES string of the molecule is CN(C(=O)N1CCN(C(=O)c2cccc(OCCC3CCCCC3)c2)CC1)c1nccs1. The van der Waals surface area contributed by atoms with Crippen LogP contribution in [0.5, 0.6) is 5.75 Å². The van der Waals surface area contributed by atoms with Crippen LogP contribution in [0.3, 0.4) is 0 Å². The van der Waals surface area contributed by atoms with Crippen LogP contribution in [-0.4, -0.2) is 66.6 Å². The van der Waals surface area contributed by atoms with E-state index in [-0.39, 0.29) is 11.9 Å². The van der Waals surface area contributed by atoms with Crippen LogP contribution < -0.4 is 9.64 Å². The van der Waals surface area contributed by atoms with Gasteiger partial charge in [0.1, 0.15) is 5.75 Å². The van der Waals surface area contributed by atoms with Gasteiger partial charge < -0.3 is 14.5 Å². The van der Waals surface area contributed by atoms with Crippen LogP contribution in [0.15, 0.2) is 35.8 Å². The number of hydrogen-bond acceptors (Lipinski definition) is 5. The molecule has 32 heavy (non-hydrogen) atoms. The molecule has 1 aromatic heterocycles. The molecule has 1 aliphatic heterocycles. The predicted octanol–water partition coefficient (Wildman–Crippen LogP) is 4.51. The lowest BCUT2D eigenvalue weighted by atomic mass is 9.87. The fraction of sp³-hybridized carbons (Fsp3) is 0.542. The Bertz CT molecular complexity index is 890. The lowest BCUT2D eigenvalue weighted by Gasteiger charge is -2.36. The number of anilines is 1. The van der Waals surface area contributed by atoms with Crippen molar-refractivity contribution in [1.82, 2.24) is 14.8 Å². The van der Waals surface area contributed by atoms with E-state index < -0.39 is 0 Å². The normalized spacial score (nSPS) is 17.3. The summed E-state index contributed by atoms with van der Waals surface area (Å²) in [4.78, 5) is 35.1. The molecule has 2 fully saturated rings. The second-order valence-corrected chi connectivity index (χ2v) is 9.48. The number of carbonyl (C=O) groups excluding carboxylic acids is 2. The summed E-state index contributed by atoms with van der Waals surface area (Å²) in [5, 5.41) is 2.53. The van der Waals surface area contributed by atoms with Crippen molar-refractivity contribution in [2.75, 3.05) is 44.7 Å². The standard InChI is InChI=1S/C24H32N4O3S/c1-26(23-25-11-17-32-23)24(30)28-14-12-27(13-15-28)22(29)20-8-5-9-21(18-20)31-16-10-19-6-3-2-4-7-19/h5,8-9,11,17-19H,2-4,6-7,10,12-16H2,1H3. The molecule has 1 saturated carbocycles. The van der Waals surface area contributed by atoms with Crippen molar-refractivity contribution in [3.8, 4) is 5.75 Å². The first-order chi connectivity index (χ1) is 15.6. The summed E-state index contributed by atoms with van der Waals surface area (Å²) >= 11 is 1.43. The molecule has 172 valence electrons. The lowest BCUT2D eigenvalue weighted by Crippen LogP contribution is -2.53. The summed E-state index contributed by atoms with van der Waals surface area (Å²) in [6, 6.07) is 7.40. The van der Waals surface area contributed by atoms with E-state index in [0.717, 1.165) is 18.1 Å². The summed E-state index contributed by atoms with van der Waals surface area (Å²) in [5.74, 6) is 1.52. The van der Waals surface area contributed by atoms with Crippen molar-refractivity contribution in [3.63, 3.8) is 0 Å². The van der Waals surface area contributed by atoms with Gasteiger partial charge in [-0.2, -0.15) is 0 Å². The third kappa shape index (κ3) is 5.59. The van der Waals surface area contributed by atoms with Crippen molar-refractivity contribution >= 4 is 28.4 Å². The first kappa shape index (κ1) is 22.6. The molecule has 0 bridgehead atoms. The van der Waals surface area contributed by atoms with Crippen LogP contribution in [0.4, 0.5) is 9.93 Å². The van der Waals surface area contributed by atoms with Gasteiger partial charge in [0.25, 0.3) is 5.91 Å². The highest BCUT2D eigenvalue weighted by Crippen LogP contribution is 2.26. The maximum atomic E-state index is 13.0. The highest BCUT2D eigenvalue weighted by atomic mass is 32.1. The number of benzene rings is 1. The van der Waals surface area contributed by atoms with Crippen LogP contribution in [-0.2, 0) is 0 Å². The van der Waals surface area contributed by atoms with E-state index in [1.807, 2.05) is 34.5 Å². The molecule has 1 saturated heterocycles. The molecule has 2 aliphatic rings.